The van der Waals surface area contributed by atoms with Crippen molar-refractivity contribution in [2.45, 2.75) is 25.9 Å². The van der Waals surface area contributed by atoms with Crippen molar-refractivity contribution < 1.29 is 9.53 Å². The molecule has 0 fully saturated rings. The molecule has 0 saturated heterocycles. The first-order valence-electron chi connectivity index (χ1n) is 6.01. The van der Waals surface area contributed by atoms with Crippen LogP contribution in [0.15, 0.2) is 24.3 Å². The fraction of sp³-hybridized carbons (Fsp3) is 0.462. The number of ether oxygens (including phenoxy) is 1. The second-order valence-electron chi connectivity index (χ2n) is 4.08. The van der Waals surface area contributed by atoms with Gasteiger partial charge in [0.2, 0.25) is 5.91 Å². The summed E-state index contributed by atoms with van der Waals surface area (Å²) in [5.41, 5.74) is 5.33. The summed E-state index contributed by atoms with van der Waals surface area (Å²) in [6, 6.07) is 7.19. The van der Waals surface area contributed by atoms with E-state index in [9.17, 15) is 4.79 Å². The van der Waals surface area contributed by atoms with E-state index in [0.717, 1.165) is 0 Å². The van der Waals surface area contributed by atoms with Crippen LogP contribution in [0.25, 0.3) is 0 Å². The van der Waals surface area contributed by atoms with E-state index < -0.39 is 0 Å². The Hall–Kier alpha value is -0.970. The van der Waals surface area contributed by atoms with E-state index >= 15 is 0 Å². The van der Waals surface area contributed by atoms with Crippen LogP contribution in [0.4, 0.5) is 0 Å². The summed E-state index contributed by atoms with van der Waals surface area (Å²) < 4.78 is 5.63. The molecule has 0 aromatic heterocycles. The van der Waals surface area contributed by atoms with Gasteiger partial charge in [-0.25, -0.2) is 0 Å². The van der Waals surface area contributed by atoms with Crippen LogP contribution >= 0.6 is 24.0 Å². The van der Waals surface area contributed by atoms with E-state index in [0.29, 0.717) is 36.7 Å². The topological polar surface area (TPSA) is 64.4 Å². The molecule has 0 spiro atoms. The molecule has 0 aliphatic heterocycles. The Morgan fingerprint density at radius 2 is 2.26 bits per heavy atom. The van der Waals surface area contributed by atoms with Gasteiger partial charge in [-0.2, -0.15) is 0 Å². The molecule has 1 rings (SSSR count). The number of amides is 1. The van der Waals surface area contributed by atoms with Crippen molar-refractivity contribution >= 4 is 29.9 Å². The van der Waals surface area contributed by atoms with Crippen molar-refractivity contribution in [2.75, 3.05) is 13.1 Å². The van der Waals surface area contributed by atoms with Crippen LogP contribution in [0.3, 0.4) is 0 Å². The first-order valence-corrected chi connectivity index (χ1v) is 6.38. The van der Waals surface area contributed by atoms with Crippen LogP contribution in [0.1, 0.15) is 19.8 Å². The molecular weight excluding hydrogens is 287 g/mol. The first kappa shape index (κ1) is 18.0. The van der Waals surface area contributed by atoms with Gasteiger partial charge in [-0.3, -0.25) is 4.79 Å². The lowest BCUT2D eigenvalue weighted by atomic mass is 10.3. The average Bonchev–Trinajstić information content (AvgIpc) is 2.34. The Bertz CT molecular complexity index is 389. The van der Waals surface area contributed by atoms with Crippen molar-refractivity contribution in [2.24, 2.45) is 5.73 Å². The van der Waals surface area contributed by atoms with Gasteiger partial charge in [-0.1, -0.05) is 17.7 Å². The molecule has 1 aromatic carbocycles. The third kappa shape index (κ3) is 7.93. The van der Waals surface area contributed by atoms with Crippen molar-refractivity contribution in [1.82, 2.24) is 5.32 Å². The zero-order valence-corrected chi connectivity index (χ0v) is 12.5. The Morgan fingerprint density at radius 1 is 1.53 bits per heavy atom. The summed E-state index contributed by atoms with van der Waals surface area (Å²) in [6.07, 6.45) is 1.06. The van der Waals surface area contributed by atoms with Crippen molar-refractivity contribution in [3.63, 3.8) is 0 Å². The number of carbonyl (C=O) groups excluding carboxylic acids is 1. The van der Waals surface area contributed by atoms with Gasteiger partial charge in [0.1, 0.15) is 11.9 Å². The lowest BCUT2D eigenvalue weighted by Crippen LogP contribution is -2.33. The molecule has 0 bridgehead atoms. The molecule has 1 amide bonds. The molecule has 19 heavy (non-hydrogen) atoms. The third-order valence-corrected chi connectivity index (χ3v) is 2.56. The highest BCUT2D eigenvalue weighted by Gasteiger charge is 2.06. The smallest absolute Gasteiger partial charge is 0.220 e. The summed E-state index contributed by atoms with van der Waals surface area (Å²) in [6.45, 7) is 2.89. The molecule has 0 radical (unpaired) electrons. The number of nitrogens with two attached hydrogens (primary N) is 1. The summed E-state index contributed by atoms with van der Waals surface area (Å²) in [7, 11) is 0. The van der Waals surface area contributed by atoms with E-state index in [1.54, 1.807) is 12.1 Å². The minimum Gasteiger partial charge on any atom is -0.489 e. The van der Waals surface area contributed by atoms with Gasteiger partial charge in [-0.15, -0.1) is 12.4 Å². The Labute approximate surface area is 125 Å². The molecule has 0 saturated carbocycles. The lowest BCUT2D eigenvalue weighted by molar-refractivity contribution is -0.121. The van der Waals surface area contributed by atoms with Gasteiger partial charge in [0.15, 0.2) is 0 Å². The predicted octanol–water partition coefficient (Wildman–Crippen LogP) is 2.38. The van der Waals surface area contributed by atoms with Crippen LogP contribution in [-0.4, -0.2) is 25.1 Å². The quantitative estimate of drug-likeness (QED) is 0.813. The number of carbonyl (C=O) groups is 1. The highest BCUT2D eigenvalue weighted by Crippen LogP contribution is 2.18. The van der Waals surface area contributed by atoms with Gasteiger partial charge < -0.3 is 15.8 Å². The van der Waals surface area contributed by atoms with E-state index in [1.807, 2.05) is 19.1 Å². The summed E-state index contributed by atoms with van der Waals surface area (Å²) in [5.74, 6) is 0.702. The van der Waals surface area contributed by atoms with Gasteiger partial charge in [0, 0.05) is 11.4 Å². The van der Waals surface area contributed by atoms with Crippen LogP contribution in [0.5, 0.6) is 5.75 Å². The molecule has 0 aliphatic rings. The largest absolute Gasteiger partial charge is 0.489 e. The van der Waals surface area contributed by atoms with Crippen LogP contribution < -0.4 is 15.8 Å². The summed E-state index contributed by atoms with van der Waals surface area (Å²) in [5, 5.41) is 3.43. The third-order valence-electron chi connectivity index (χ3n) is 2.33. The van der Waals surface area contributed by atoms with Gasteiger partial charge >= 0.3 is 0 Å². The van der Waals surface area contributed by atoms with Gasteiger partial charge in [0.25, 0.3) is 0 Å². The van der Waals surface area contributed by atoms with E-state index in [4.69, 9.17) is 22.1 Å². The molecule has 1 unspecified atom stereocenters. The summed E-state index contributed by atoms with van der Waals surface area (Å²) in [4.78, 5) is 11.4. The average molecular weight is 307 g/mol. The minimum atomic E-state index is -0.106. The molecule has 6 heteroatoms. The second kappa shape index (κ2) is 9.89. The first-order chi connectivity index (χ1) is 8.61. The van der Waals surface area contributed by atoms with Crippen LogP contribution in [0.2, 0.25) is 5.02 Å². The lowest BCUT2D eigenvalue weighted by Gasteiger charge is -2.15. The SMILES string of the molecule is CC(CNC(=O)CCCN)Oc1cccc(Cl)c1.Cl. The fourth-order valence-electron chi connectivity index (χ4n) is 1.42. The highest BCUT2D eigenvalue weighted by atomic mass is 35.5. The van der Waals surface area contributed by atoms with Gasteiger partial charge in [-0.05, 0) is 38.1 Å². The van der Waals surface area contributed by atoms with Crippen molar-refractivity contribution in [3.05, 3.63) is 29.3 Å². The highest BCUT2D eigenvalue weighted by molar-refractivity contribution is 6.30. The van der Waals surface area contributed by atoms with Crippen molar-refractivity contribution in [1.29, 1.82) is 0 Å². The number of halogens is 2. The Kier molecular flexibility index (Phi) is 9.39. The standard InChI is InChI=1S/C13H19ClN2O2.ClH/c1-10(9-16-13(17)6-3-7-15)18-12-5-2-4-11(14)8-12;/h2,4-5,8,10H,3,6-7,9,15H2,1H3,(H,16,17);1H. The molecular formula is C13H20Cl2N2O2. The zero-order chi connectivity index (χ0) is 13.4. The maximum atomic E-state index is 11.4. The van der Waals surface area contributed by atoms with Crippen molar-refractivity contribution in [3.8, 4) is 5.75 Å². The van der Waals surface area contributed by atoms with Crippen LogP contribution in [0, 0.1) is 0 Å². The van der Waals surface area contributed by atoms with E-state index in [1.165, 1.54) is 0 Å². The molecule has 108 valence electrons. The number of hydrogen-bond acceptors (Lipinski definition) is 3. The predicted molar refractivity (Wildman–Crippen MR) is 80.1 cm³/mol. The zero-order valence-electron chi connectivity index (χ0n) is 10.9. The minimum absolute atomic E-state index is 0. The Morgan fingerprint density at radius 3 is 2.89 bits per heavy atom. The molecule has 4 nitrogen and oxygen atoms in total. The molecule has 0 aliphatic carbocycles. The molecule has 1 aromatic rings. The fourth-order valence-corrected chi connectivity index (χ4v) is 1.60. The number of rotatable bonds is 7. The maximum absolute atomic E-state index is 11.4. The van der Waals surface area contributed by atoms with E-state index in [-0.39, 0.29) is 24.4 Å². The monoisotopic (exact) mass is 306 g/mol. The normalized spacial score (nSPS) is 11.3. The number of benzene rings is 1. The molecule has 1 atom stereocenters. The number of nitrogens with one attached hydrogen (secondary N) is 1. The summed E-state index contributed by atoms with van der Waals surface area (Å²) >= 11 is 5.85. The van der Waals surface area contributed by atoms with Crippen LogP contribution in [-0.2, 0) is 4.79 Å². The Balaban J connectivity index is 0.00000324. The maximum Gasteiger partial charge on any atom is 0.220 e. The molecule has 3 N–H and O–H groups in total. The molecule has 0 heterocycles. The van der Waals surface area contributed by atoms with Gasteiger partial charge in [0.05, 0.1) is 6.54 Å². The number of hydrogen-bond donors (Lipinski definition) is 2. The van der Waals surface area contributed by atoms with E-state index in [2.05, 4.69) is 5.32 Å². The second-order valence-corrected chi connectivity index (χ2v) is 4.52.